The largest absolute Gasteiger partial charge is 0.354 e. The first kappa shape index (κ1) is 7.58. The molecular weight excluding hydrogens is 171 g/mol. The van der Waals surface area contributed by atoms with Crippen LogP contribution in [0.15, 0.2) is 0 Å². The van der Waals surface area contributed by atoms with Crippen molar-refractivity contribution < 1.29 is 9.30 Å². The van der Waals surface area contributed by atoms with Gasteiger partial charge in [0.1, 0.15) is 18.1 Å². The fourth-order valence-electron chi connectivity index (χ4n) is 3.31. The minimum Gasteiger partial charge on any atom is -0.354 e. The van der Waals surface area contributed by atoms with E-state index in [0.29, 0.717) is 0 Å². The summed E-state index contributed by atoms with van der Waals surface area (Å²) < 4.78 is 18.1. The fourth-order valence-corrected chi connectivity index (χ4v) is 6.54. The molecule has 2 nitrogen and oxygen atoms in total. The van der Waals surface area contributed by atoms with Crippen LogP contribution in [0.2, 0.25) is 0 Å². The molecule has 2 aliphatic heterocycles. The zero-order chi connectivity index (χ0) is 8.45. The van der Waals surface area contributed by atoms with Crippen molar-refractivity contribution in [3.05, 3.63) is 0 Å². The lowest BCUT2D eigenvalue weighted by atomic mass is 9.87. The molecule has 0 bridgehead atoms. The Kier molecular flexibility index (Phi) is 1.16. The van der Waals surface area contributed by atoms with Gasteiger partial charge in [0, 0.05) is 6.16 Å². The van der Waals surface area contributed by atoms with Crippen molar-refractivity contribution in [3.63, 3.8) is 0 Å². The zero-order valence-electron chi connectivity index (χ0n) is 7.51. The second-order valence-electron chi connectivity index (χ2n) is 4.66. The van der Waals surface area contributed by atoms with Gasteiger partial charge >= 0.3 is 0 Å². The predicted octanol–water partition coefficient (Wildman–Crippen LogP) is 2.42. The number of hydrogen-bond acceptors (Lipinski definition) is 2. The molecule has 0 aromatic carbocycles. The number of ether oxygens (including phenoxy) is 1. The van der Waals surface area contributed by atoms with E-state index in [4.69, 9.17) is 4.74 Å². The zero-order valence-corrected chi connectivity index (χ0v) is 8.40. The summed E-state index contributed by atoms with van der Waals surface area (Å²) in [5, 5.41) is -0.113. The molecular formula is C9H15O2P. The number of hydrogen-bond donors (Lipinski definition) is 0. The van der Waals surface area contributed by atoms with Crippen molar-refractivity contribution in [2.75, 3.05) is 12.8 Å². The van der Waals surface area contributed by atoms with Gasteiger partial charge in [-0.2, -0.15) is 0 Å². The third-order valence-corrected chi connectivity index (χ3v) is 7.41. The smallest absolute Gasteiger partial charge is 0.150 e. The van der Waals surface area contributed by atoms with E-state index < -0.39 is 7.14 Å². The Morgan fingerprint density at radius 3 is 2.75 bits per heavy atom. The van der Waals surface area contributed by atoms with Crippen LogP contribution in [0.1, 0.15) is 32.1 Å². The molecule has 0 unspecified atom stereocenters. The molecule has 0 aromatic rings. The Labute approximate surface area is 73.0 Å². The molecule has 3 atom stereocenters. The number of epoxide rings is 1. The van der Waals surface area contributed by atoms with Gasteiger partial charge in [0.25, 0.3) is 0 Å². The lowest BCUT2D eigenvalue weighted by molar-refractivity contribution is 0.267. The first-order valence-corrected chi connectivity index (χ1v) is 7.23. The molecule has 0 aromatic heterocycles. The summed E-state index contributed by atoms with van der Waals surface area (Å²) in [6.45, 7) is 1.95. The molecule has 3 heteroatoms. The SMILES string of the molecule is C[P@]1(=O)CC[C@]23CCCC[C@]21O3. The molecule has 0 amide bonds. The van der Waals surface area contributed by atoms with E-state index in [1.165, 1.54) is 19.3 Å². The van der Waals surface area contributed by atoms with E-state index in [1.54, 1.807) is 0 Å². The van der Waals surface area contributed by atoms with Gasteiger partial charge in [-0.1, -0.05) is 6.42 Å². The highest BCUT2D eigenvalue weighted by molar-refractivity contribution is 7.65. The maximum absolute atomic E-state index is 12.2. The Morgan fingerprint density at radius 2 is 2.00 bits per heavy atom. The quantitative estimate of drug-likeness (QED) is 0.429. The Balaban J connectivity index is 2.06. The summed E-state index contributed by atoms with van der Waals surface area (Å²) >= 11 is 0. The Morgan fingerprint density at radius 1 is 1.25 bits per heavy atom. The van der Waals surface area contributed by atoms with Crippen LogP contribution in [0.4, 0.5) is 0 Å². The summed E-state index contributed by atoms with van der Waals surface area (Å²) in [7, 11) is -1.94. The molecule has 0 radical (unpaired) electrons. The van der Waals surface area contributed by atoms with Crippen LogP contribution >= 0.6 is 7.14 Å². The third kappa shape index (κ3) is 0.590. The summed E-state index contributed by atoms with van der Waals surface area (Å²) in [6, 6.07) is 0. The summed E-state index contributed by atoms with van der Waals surface area (Å²) in [6.07, 6.45) is 6.75. The van der Waals surface area contributed by atoms with Gasteiger partial charge < -0.3 is 9.30 Å². The molecule has 0 N–H and O–H groups in total. The van der Waals surface area contributed by atoms with Gasteiger partial charge in [-0.05, 0) is 32.3 Å². The van der Waals surface area contributed by atoms with Crippen LogP contribution in [-0.4, -0.2) is 23.8 Å². The van der Waals surface area contributed by atoms with Crippen molar-refractivity contribution in [2.24, 2.45) is 0 Å². The second kappa shape index (κ2) is 1.83. The monoisotopic (exact) mass is 186 g/mol. The van der Waals surface area contributed by atoms with Crippen molar-refractivity contribution in [2.45, 2.75) is 43.0 Å². The maximum atomic E-state index is 12.2. The van der Waals surface area contributed by atoms with E-state index in [9.17, 15) is 4.57 Å². The molecule has 3 rings (SSSR count). The van der Waals surface area contributed by atoms with Crippen LogP contribution in [0.5, 0.6) is 0 Å². The molecule has 12 heavy (non-hydrogen) atoms. The first-order valence-electron chi connectivity index (χ1n) is 4.89. The van der Waals surface area contributed by atoms with Crippen LogP contribution < -0.4 is 0 Å². The van der Waals surface area contributed by atoms with E-state index in [0.717, 1.165) is 19.0 Å². The third-order valence-electron chi connectivity index (χ3n) is 4.09. The lowest BCUT2D eigenvalue weighted by Crippen LogP contribution is -2.23. The van der Waals surface area contributed by atoms with E-state index >= 15 is 0 Å². The van der Waals surface area contributed by atoms with Gasteiger partial charge in [0.15, 0.2) is 0 Å². The predicted molar refractivity (Wildman–Crippen MR) is 48.0 cm³/mol. The molecule has 1 saturated carbocycles. The highest BCUT2D eigenvalue weighted by Gasteiger charge is 2.80. The van der Waals surface area contributed by atoms with Crippen molar-refractivity contribution in [1.29, 1.82) is 0 Å². The van der Waals surface area contributed by atoms with E-state index in [2.05, 4.69) is 0 Å². The van der Waals surface area contributed by atoms with Crippen LogP contribution in [-0.2, 0) is 9.30 Å². The molecule has 0 spiro atoms. The minimum atomic E-state index is -1.94. The van der Waals surface area contributed by atoms with Gasteiger partial charge in [-0.15, -0.1) is 0 Å². The topological polar surface area (TPSA) is 29.6 Å². The van der Waals surface area contributed by atoms with Crippen LogP contribution in [0.3, 0.4) is 0 Å². The summed E-state index contributed by atoms with van der Waals surface area (Å²) in [5.74, 6) is 0. The minimum absolute atomic E-state index is 0.107. The van der Waals surface area contributed by atoms with Crippen LogP contribution in [0.25, 0.3) is 0 Å². The van der Waals surface area contributed by atoms with E-state index in [1.807, 2.05) is 6.66 Å². The van der Waals surface area contributed by atoms with Gasteiger partial charge in [0.05, 0.1) is 0 Å². The Hall–Kier alpha value is 0.190. The lowest BCUT2D eigenvalue weighted by Gasteiger charge is -2.21. The highest BCUT2D eigenvalue weighted by atomic mass is 31.2. The van der Waals surface area contributed by atoms with Gasteiger partial charge in [-0.25, -0.2) is 0 Å². The summed E-state index contributed by atoms with van der Waals surface area (Å²) in [4.78, 5) is 0. The van der Waals surface area contributed by atoms with Crippen LogP contribution in [0, 0.1) is 0 Å². The normalized spacial score (nSPS) is 62.4. The fraction of sp³-hybridized carbons (Fsp3) is 1.00. The van der Waals surface area contributed by atoms with Gasteiger partial charge in [0.2, 0.25) is 0 Å². The average Bonchev–Trinajstić information content (AvgIpc) is 2.66. The van der Waals surface area contributed by atoms with E-state index in [-0.39, 0.29) is 10.9 Å². The van der Waals surface area contributed by atoms with Crippen molar-refractivity contribution in [3.8, 4) is 0 Å². The highest BCUT2D eigenvalue weighted by Crippen LogP contribution is 2.82. The van der Waals surface area contributed by atoms with Crippen molar-refractivity contribution >= 4 is 7.14 Å². The van der Waals surface area contributed by atoms with Gasteiger partial charge in [-0.3, -0.25) is 0 Å². The molecule has 3 fully saturated rings. The first-order chi connectivity index (χ1) is 5.62. The molecule has 2 saturated heterocycles. The molecule has 2 heterocycles. The standard InChI is InChI=1S/C9H15O2P/c1-12(10)7-6-8-4-2-3-5-9(8,12)11-8/h2-7H2,1H3/t8-,9-,12+/m1/s1. The molecule has 68 valence electrons. The Bertz CT molecular complexity index is 284. The molecule has 3 aliphatic rings. The maximum Gasteiger partial charge on any atom is 0.150 e. The number of rotatable bonds is 0. The van der Waals surface area contributed by atoms with Crippen molar-refractivity contribution in [1.82, 2.24) is 0 Å². The summed E-state index contributed by atoms with van der Waals surface area (Å²) in [5.41, 5.74) is 0.107. The average molecular weight is 186 g/mol. The second-order valence-corrected chi connectivity index (χ2v) is 8.03. The molecule has 1 aliphatic carbocycles.